The van der Waals surface area contributed by atoms with Gasteiger partial charge in [0.25, 0.3) is 0 Å². The van der Waals surface area contributed by atoms with Crippen LogP contribution < -0.4 is 14.7 Å². The van der Waals surface area contributed by atoms with E-state index in [0.29, 0.717) is 13.0 Å². The minimum absolute atomic E-state index is 0.423. The number of hydrogen-bond acceptors (Lipinski definition) is 7. The van der Waals surface area contributed by atoms with Gasteiger partial charge in [0.15, 0.2) is 0 Å². The summed E-state index contributed by atoms with van der Waals surface area (Å²) in [4.78, 5) is 23.2. The first-order valence-electron chi connectivity index (χ1n) is 8.50. The van der Waals surface area contributed by atoms with Crippen molar-refractivity contribution in [2.24, 2.45) is 5.92 Å². The van der Waals surface area contributed by atoms with Crippen LogP contribution in [0, 0.1) is 5.92 Å². The van der Waals surface area contributed by atoms with Crippen LogP contribution in [0.25, 0.3) is 21.3 Å². The summed E-state index contributed by atoms with van der Waals surface area (Å²) in [6.07, 6.45) is 3.02. The number of carbonyl (C=O) groups excluding carboxylic acids is 1. The maximum absolute atomic E-state index is 11.3. The Balaban J connectivity index is 1.78. The average Bonchev–Trinajstić information content (AvgIpc) is 3.12. The number of carboxylic acids is 1. The molecule has 0 spiro atoms. The molecule has 0 aliphatic carbocycles. The Morgan fingerprint density at radius 2 is 2.12 bits per heavy atom. The lowest BCUT2D eigenvalue weighted by Gasteiger charge is -2.34. The lowest BCUT2D eigenvalue weighted by molar-refractivity contribution is -0.311. The second-order valence-electron chi connectivity index (χ2n) is 6.36. The summed E-state index contributed by atoms with van der Waals surface area (Å²) in [6, 6.07) is 7.87. The van der Waals surface area contributed by atoms with E-state index in [2.05, 4.69) is 15.3 Å². The molecule has 7 heteroatoms. The second-order valence-corrected chi connectivity index (χ2v) is 7.22. The zero-order chi connectivity index (χ0) is 18.1. The smallest absolute Gasteiger partial charge is 0.141 e. The fourth-order valence-electron chi connectivity index (χ4n) is 3.44. The molecule has 1 saturated heterocycles. The molecule has 1 fully saturated rings. The van der Waals surface area contributed by atoms with Gasteiger partial charge >= 0.3 is 0 Å². The number of nitrogens with zero attached hydrogens (tertiary/aromatic N) is 3. The van der Waals surface area contributed by atoms with Gasteiger partial charge < -0.3 is 19.5 Å². The van der Waals surface area contributed by atoms with Gasteiger partial charge in [-0.15, -0.1) is 11.3 Å². The monoisotopic (exact) mass is 368 g/mol. The molecular weight excluding hydrogens is 350 g/mol. The standard InChI is InChI=1S/C19H19N3O3S/c1-25-14-6-4-12(5-7-14)15-10-26-18-16(15)17(20-11-21-18)22-8-2-3-13(9-22)19(23)24/h4-7,10-11,13H,2-3,8-9H2,1H3,(H,23,24)/p-1/t13-/m0/s1. The second kappa shape index (κ2) is 6.92. The molecule has 1 atom stereocenters. The minimum atomic E-state index is -0.985. The first-order valence-corrected chi connectivity index (χ1v) is 9.37. The predicted octanol–water partition coefficient (Wildman–Crippen LogP) is 2.33. The third-order valence-corrected chi connectivity index (χ3v) is 5.69. The quantitative estimate of drug-likeness (QED) is 0.703. The summed E-state index contributed by atoms with van der Waals surface area (Å²) in [5.74, 6) is 0.156. The highest BCUT2D eigenvalue weighted by molar-refractivity contribution is 7.17. The van der Waals surface area contributed by atoms with Gasteiger partial charge in [-0.3, -0.25) is 0 Å². The van der Waals surface area contributed by atoms with Crippen molar-refractivity contribution < 1.29 is 14.6 Å². The highest BCUT2D eigenvalue weighted by Gasteiger charge is 2.25. The summed E-state index contributed by atoms with van der Waals surface area (Å²) >= 11 is 1.57. The normalized spacial score (nSPS) is 17.4. The number of methoxy groups -OCH3 is 1. The van der Waals surface area contributed by atoms with Crippen LogP contribution in [0.5, 0.6) is 5.75 Å². The number of thiophene rings is 1. The summed E-state index contributed by atoms with van der Waals surface area (Å²) in [5, 5.41) is 14.4. The Morgan fingerprint density at radius 1 is 1.31 bits per heavy atom. The molecule has 6 nitrogen and oxygen atoms in total. The Bertz CT molecular complexity index is 939. The van der Waals surface area contributed by atoms with E-state index >= 15 is 0 Å². The van der Waals surface area contributed by atoms with E-state index in [1.54, 1.807) is 24.8 Å². The minimum Gasteiger partial charge on any atom is -0.550 e. The Kier molecular flexibility index (Phi) is 4.46. The average molecular weight is 368 g/mol. The Labute approximate surface area is 155 Å². The van der Waals surface area contributed by atoms with Crippen molar-refractivity contribution in [2.45, 2.75) is 12.8 Å². The van der Waals surface area contributed by atoms with E-state index in [4.69, 9.17) is 4.74 Å². The molecule has 26 heavy (non-hydrogen) atoms. The van der Waals surface area contributed by atoms with Crippen LogP contribution in [0.4, 0.5) is 5.82 Å². The van der Waals surface area contributed by atoms with Crippen molar-refractivity contribution in [3.05, 3.63) is 36.0 Å². The van der Waals surface area contributed by atoms with Crippen molar-refractivity contribution in [1.29, 1.82) is 0 Å². The van der Waals surface area contributed by atoms with Crippen LogP contribution in [-0.2, 0) is 4.79 Å². The third-order valence-electron chi connectivity index (χ3n) is 4.81. The van der Waals surface area contributed by atoms with Gasteiger partial charge in [0.1, 0.15) is 22.7 Å². The zero-order valence-corrected chi connectivity index (χ0v) is 15.2. The number of ether oxygens (including phenoxy) is 1. The molecule has 1 aliphatic heterocycles. The number of aromatic nitrogens is 2. The number of aliphatic carboxylic acids is 1. The van der Waals surface area contributed by atoms with E-state index in [-0.39, 0.29) is 0 Å². The molecule has 3 aromatic rings. The summed E-state index contributed by atoms with van der Waals surface area (Å²) in [6.45, 7) is 1.21. The van der Waals surface area contributed by atoms with Crippen molar-refractivity contribution in [3.8, 4) is 16.9 Å². The number of carboxylic acid groups (broad SMARTS) is 1. The molecule has 0 saturated carbocycles. The maximum atomic E-state index is 11.3. The van der Waals surface area contributed by atoms with Crippen LogP contribution >= 0.6 is 11.3 Å². The number of piperidine rings is 1. The van der Waals surface area contributed by atoms with Gasteiger partial charge in [-0.05, 0) is 30.5 Å². The summed E-state index contributed by atoms with van der Waals surface area (Å²) in [7, 11) is 1.64. The molecule has 1 aromatic carbocycles. The largest absolute Gasteiger partial charge is 0.550 e. The molecule has 0 bridgehead atoms. The van der Waals surface area contributed by atoms with Gasteiger partial charge in [-0.2, -0.15) is 0 Å². The predicted molar refractivity (Wildman–Crippen MR) is 99.3 cm³/mol. The van der Waals surface area contributed by atoms with Crippen molar-refractivity contribution in [1.82, 2.24) is 9.97 Å². The molecule has 2 aromatic heterocycles. The molecule has 4 rings (SSSR count). The zero-order valence-electron chi connectivity index (χ0n) is 14.3. The highest BCUT2D eigenvalue weighted by atomic mass is 32.1. The number of anilines is 1. The SMILES string of the molecule is COc1ccc(-c2csc3ncnc(N4CCC[C@H](C(=O)[O-])C4)c23)cc1. The number of benzene rings is 1. The van der Waals surface area contributed by atoms with Crippen molar-refractivity contribution in [3.63, 3.8) is 0 Å². The van der Waals surface area contributed by atoms with Crippen molar-refractivity contribution >= 4 is 33.3 Å². The van der Waals surface area contributed by atoms with E-state index in [1.807, 2.05) is 29.2 Å². The van der Waals surface area contributed by atoms with Crippen LogP contribution in [0.1, 0.15) is 12.8 Å². The van der Waals surface area contributed by atoms with Gasteiger partial charge in [-0.1, -0.05) is 12.1 Å². The number of hydrogen-bond donors (Lipinski definition) is 0. The van der Waals surface area contributed by atoms with Gasteiger partial charge in [-0.25, -0.2) is 9.97 Å². The molecule has 0 N–H and O–H groups in total. The molecule has 0 radical (unpaired) electrons. The fraction of sp³-hybridized carbons (Fsp3) is 0.316. The van der Waals surface area contributed by atoms with Crippen molar-refractivity contribution in [2.75, 3.05) is 25.1 Å². The van der Waals surface area contributed by atoms with Crippen LogP contribution in [-0.4, -0.2) is 36.1 Å². The van der Waals surface area contributed by atoms with Gasteiger partial charge in [0, 0.05) is 35.9 Å². The lowest BCUT2D eigenvalue weighted by atomic mass is 9.97. The number of rotatable bonds is 4. The van der Waals surface area contributed by atoms with Crippen LogP contribution in [0.15, 0.2) is 36.0 Å². The molecule has 134 valence electrons. The maximum Gasteiger partial charge on any atom is 0.141 e. The molecule has 0 unspecified atom stereocenters. The highest BCUT2D eigenvalue weighted by Crippen LogP contribution is 2.39. The van der Waals surface area contributed by atoms with Gasteiger partial charge in [0.2, 0.25) is 0 Å². The molecule has 3 heterocycles. The molecule has 1 aliphatic rings. The summed E-state index contributed by atoms with van der Waals surface area (Å²) < 4.78 is 5.24. The lowest BCUT2D eigenvalue weighted by Crippen LogP contribution is -2.44. The van der Waals surface area contributed by atoms with E-state index in [0.717, 1.165) is 45.9 Å². The number of fused-ring (bicyclic) bond motifs is 1. The Hall–Kier alpha value is -2.67. The fourth-order valence-corrected chi connectivity index (χ4v) is 4.35. The van der Waals surface area contributed by atoms with E-state index < -0.39 is 11.9 Å². The van der Waals surface area contributed by atoms with Crippen LogP contribution in [0.2, 0.25) is 0 Å². The molecular formula is C19H18N3O3S-. The topological polar surface area (TPSA) is 78.4 Å². The number of carbonyl (C=O) groups is 1. The first-order chi connectivity index (χ1) is 12.7. The van der Waals surface area contributed by atoms with Gasteiger partial charge in [0.05, 0.1) is 12.5 Å². The third kappa shape index (κ3) is 2.99. The Morgan fingerprint density at radius 3 is 2.85 bits per heavy atom. The first kappa shape index (κ1) is 16.8. The van der Waals surface area contributed by atoms with Crippen LogP contribution in [0.3, 0.4) is 0 Å². The van der Waals surface area contributed by atoms with E-state index in [9.17, 15) is 9.90 Å². The molecule has 0 amide bonds. The summed E-state index contributed by atoms with van der Waals surface area (Å²) in [5.41, 5.74) is 2.11. The van der Waals surface area contributed by atoms with E-state index in [1.165, 1.54) is 0 Å².